The highest BCUT2D eigenvalue weighted by molar-refractivity contribution is 5.99. The molecule has 0 aliphatic carbocycles. The first-order valence-electron chi connectivity index (χ1n) is 6.93. The molecule has 0 saturated carbocycles. The van der Waals surface area contributed by atoms with E-state index in [2.05, 4.69) is 5.32 Å². The molecule has 2 rings (SSSR count). The molecular formula is C15H22N2O2. The first kappa shape index (κ1) is 13.9. The van der Waals surface area contributed by atoms with Gasteiger partial charge in [-0.3, -0.25) is 4.79 Å². The second-order valence-corrected chi connectivity index (χ2v) is 5.06. The van der Waals surface area contributed by atoms with Crippen LogP contribution in [-0.4, -0.2) is 25.0 Å². The highest BCUT2D eigenvalue weighted by Gasteiger charge is 2.13. The van der Waals surface area contributed by atoms with E-state index >= 15 is 0 Å². The van der Waals surface area contributed by atoms with Crippen LogP contribution in [0.25, 0.3) is 0 Å². The van der Waals surface area contributed by atoms with E-state index in [0.29, 0.717) is 17.4 Å². The van der Waals surface area contributed by atoms with Crippen molar-refractivity contribution in [2.45, 2.75) is 38.7 Å². The zero-order chi connectivity index (χ0) is 13.7. The molecule has 3 N–H and O–H groups in total. The van der Waals surface area contributed by atoms with E-state index in [1.54, 1.807) is 6.07 Å². The lowest BCUT2D eigenvalue weighted by molar-refractivity contribution is 0.0134. The molecule has 0 bridgehead atoms. The number of ether oxygens (including phenoxy) is 1. The number of nitrogens with two attached hydrogens (primary N) is 1. The van der Waals surface area contributed by atoms with Crippen molar-refractivity contribution in [1.29, 1.82) is 0 Å². The van der Waals surface area contributed by atoms with Crippen LogP contribution >= 0.6 is 0 Å². The first-order chi connectivity index (χ1) is 9.16. The van der Waals surface area contributed by atoms with Crippen LogP contribution in [-0.2, 0) is 4.74 Å². The van der Waals surface area contributed by atoms with Gasteiger partial charge < -0.3 is 15.8 Å². The minimum atomic E-state index is -0.00300. The normalized spacial score (nSPS) is 19.1. The number of carbonyl (C=O) groups excluding carboxylic acids is 1. The molecule has 1 aromatic rings. The topological polar surface area (TPSA) is 64.3 Å². The minimum Gasteiger partial charge on any atom is -0.398 e. The molecule has 1 aliphatic rings. The van der Waals surface area contributed by atoms with Crippen molar-refractivity contribution in [3.05, 3.63) is 23.8 Å². The van der Waals surface area contributed by atoms with Gasteiger partial charge in [0, 0.05) is 30.1 Å². The molecule has 1 fully saturated rings. The number of rotatable bonds is 5. The number of anilines is 2. The largest absolute Gasteiger partial charge is 0.398 e. The van der Waals surface area contributed by atoms with Gasteiger partial charge in [0.2, 0.25) is 0 Å². The first-order valence-corrected chi connectivity index (χ1v) is 6.93. The lowest BCUT2D eigenvalue weighted by atomic mass is 10.1. The Labute approximate surface area is 114 Å². The van der Waals surface area contributed by atoms with Gasteiger partial charge in [0.05, 0.1) is 6.10 Å². The summed E-state index contributed by atoms with van der Waals surface area (Å²) in [4.78, 5) is 11.4. The molecule has 1 unspecified atom stereocenters. The predicted molar refractivity (Wildman–Crippen MR) is 77.6 cm³/mol. The molecule has 4 heteroatoms. The fourth-order valence-corrected chi connectivity index (χ4v) is 2.38. The van der Waals surface area contributed by atoms with Gasteiger partial charge in [0.15, 0.2) is 5.78 Å². The maximum Gasteiger partial charge on any atom is 0.161 e. The van der Waals surface area contributed by atoms with Crippen LogP contribution in [0.5, 0.6) is 0 Å². The van der Waals surface area contributed by atoms with Crippen molar-refractivity contribution < 1.29 is 9.53 Å². The Morgan fingerprint density at radius 1 is 1.47 bits per heavy atom. The fraction of sp³-hybridized carbons (Fsp3) is 0.533. The van der Waals surface area contributed by atoms with Crippen LogP contribution in [0.15, 0.2) is 18.2 Å². The number of hydrogen-bond acceptors (Lipinski definition) is 4. The lowest BCUT2D eigenvalue weighted by Crippen LogP contribution is -2.22. The third-order valence-electron chi connectivity index (χ3n) is 3.50. The number of nitrogen functional groups attached to an aromatic ring is 1. The summed E-state index contributed by atoms with van der Waals surface area (Å²) in [5, 5.41) is 3.33. The number of hydrogen-bond donors (Lipinski definition) is 2. The molecule has 1 aromatic carbocycles. The Balaban J connectivity index is 1.85. The second kappa shape index (κ2) is 6.57. The van der Waals surface area contributed by atoms with Gasteiger partial charge in [-0.2, -0.15) is 0 Å². The average molecular weight is 262 g/mol. The molecule has 104 valence electrons. The monoisotopic (exact) mass is 262 g/mol. The van der Waals surface area contributed by atoms with Gasteiger partial charge in [-0.25, -0.2) is 0 Å². The molecule has 1 atom stereocenters. The van der Waals surface area contributed by atoms with E-state index in [4.69, 9.17) is 10.5 Å². The zero-order valence-corrected chi connectivity index (χ0v) is 11.4. The Hall–Kier alpha value is -1.55. The van der Waals surface area contributed by atoms with E-state index in [-0.39, 0.29) is 5.78 Å². The van der Waals surface area contributed by atoms with Crippen LogP contribution in [0.2, 0.25) is 0 Å². The van der Waals surface area contributed by atoms with Gasteiger partial charge >= 0.3 is 0 Å². The summed E-state index contributed by atoms with van der Waals surface area (Å²) in [5.74, 6) is -0.00300. The Morgan fingerprint density at radius 2 is 2.32 bits per heavy atom. The van der Waals surface area contributed by atoms with Crippen LogP contribution in [0.1, 0.15) is 43.0 Å². The predicted octanol–water partition coefficient (Wildman–Crippen LogP) is 2.84. The zero-order valence-electron chi connectivity index (χ0n) is 11.4. The third-order valence-corrected chi connectivity index (χ3v) is 3.50. The molecule has 0 radical (unpaired) electrons. The van der Waals surface area contributed by atoms with E-state index in [0.717, 1.165) is 31.7 Å². The van der Waals surface area contributed by atoms with Gasteiger partial charge in [-0.15, -0.1) is 0 Å². The number of carbonyl (C=O) groups is 1. The van der Waals surface area contributed by atoms with Crippen LogP contribution in [0.4, 0.5) is 11.4 Å². The summed E-state index contributed by atoms with van der Waals surface area (Å²) in [6.07, 6.45) is 4.98. The van der Waals surface area contributed by atoms with Crippen molar-refractivity contribution in [1.82, 2.24) is 0 Å². The average Bonchev–Trinajstić information content (AvgIpc) is 2.41. The molecule has 4 nitrogen and oxygen atoms in total. The molecule has 1 heterocycles. The summed E-state index contributed by atoms with van der Waals surface area (Å²) in [6.45, 7) is 3.28. The molecule has 1 saturated heterocycles. The Morgan fingerprint density at radius 3 is 3.00 bits per heavy atom. The standard InChI is InChI=1S/C15H22N2O2/c1-11(18)14-10-12(5-6-15(14)16)17-8-7-13-4-2-3-9-19-13/h5-6,10,13,17H,2-4,7-9,16H2,1H3. The van der Waals surface area contributed by atoms with Crippen molar-refractivity contribution in [3.63, 3.8) is 0 Å². The molecule has 19 heavy (non-hydrogen) atoms. The van der Waals surface area contributed by atoms with Gasteiger partial charge in [0.25, 0.3) is 0 Å². The highest BCUT2D eigenvalue weighted by Crippen LogP contribution is 2.19. The van der Waals surface area contributed by atoms with Crippen LogP contribution in [0, 0.1) is 0 Å². The summed E-state index contributed by atoms with van der Waals surface area (Å²) in [5.41, 5.74) is 7.83. The molecule has 0 aromatic heterocycles. The molecule has 0 spiro atoms. The summed E-state index contributed by atoms with van der Waals surface area (Å²) in [6, 6.07) is 5.50. The Bertz CT molecular complexity index is 440. The van der Waals surface area contributed by atoms with E-state index < -0.39 is 0 Å². The minimum absolute atomic E-state index is 0.00300. The van der Waals surface area contributed by atoms with E-state index in [9.17, 15) is 4.79 Å². The number of benzene rings is 1. The molecule has 0 amide bonds. The van der Waals surface area contributed by atoms with Gasteiger partial charge in [-0.1, -0.05) is 0 Å². The van der Waals surface area contributed by atoms with Gasteiger partial charge in [-0.05, 0) is 50.8 Å². The summed E-state index contributed by atoms with van der Waals surface area (Å²) in [7, 11) is 0. The van der Waals surface area contributed by atoms with Crippen molar-refractivity contribution >= 4 is 17.2 Å². The summed E-state index contributed by atoms with van der Waals surface area (Å²) < 4.78 is 5.68. The van der Waals surface area contributed by atoms with Gasteiger partial charge in [0.1, 0.15) is 0 Å². The molecular weight excluding hydrogens is 240 g/mol. The SMILES string of the molecule is CC(=O)c1cc(NCCC2CCCCO2)ccc1N. The number of Topliss-reactive ketones (excluding diaryl/α,β-unsaturated/α-hetero) is 1. The van der Waals surface area contributed by atoms with Crippen LogP contribution < -0.4 is 11.1 Å². The second-order valence-electron chi connectivity index (χ2n) is 5.06. The maximum atomic E-state index is 11.4. The van der Waals surface area contributed by atoms with E-state index in [1.165, 1.54) is 19.8 Å². The fourth-order valence-electron chi connectivity index (χ4n) is 2.38. The van der Waals surface area contributed by atoms with Crippen LogP contribution in [0.3, 0.4) is 0 Å². The molecule has 1 aliphatic heterocycles. The van der Waals surface area contributed by atoms with Crippen molar-refractivity contribution in [2.75, 3.05) is 24.2 Å². The smallest absolute Gasteiger partial charge is 0.161 e. The summed E-state index contributed by atoms with van der Waals surface area (Å²) >= 11 is 0. The highest BCUT2D eigenvalue weighted by atomic mass is 16.5. The van der Waals surface area contributed by atoms with E-state index in [1.807, 2.05) is 12.1 Å². The Kier molecular flexibility index (Phi) is 4.80. The number of nitrogens with one attached hydrogen (secondary N) is 1. The van der Waals surface area contributed by atoms with Crippen molar-refractivity contribution in [3.8, 4) is 0 Å². The maximum absolute atomic E-state index is 11.4. The third kappa shape index (κ3) is 3.96. The number of ketones is 1. The quantitative estimate of drug-likeness (QED) is 0.632. The van der Waals surface area contributed by atoms with Crippen molar-refractivity contribution in [2.24, 2.45) is 0 Å². The lowest BCUT2D eigenvalue weighted by Gasteiger charge is -2.22.